The van der Waals surface area contributed by atoms with Crippen molar-refractivity contribution in [2.75, 3.05) is 46.3 Å². The standard InChI is InChI=1S/C16H23N3O3/c1-17-6-4-13(5-7-17)15(20)18-8-10-19(11-9-18)16(21)14-3-2-12-22-14/h2-3,12-13H,4-11H2,1H3. The first-order chi connectivity index (χ1) is 10.6. The molecule has 2 saturated heterocycles. The number of likely N-dealkylation sites (tertiary alicyclic amines) is 1. The molecule has 1 aromatic rings. The molecule has 2 fully saturated rings. The molecule has 0 aliphatic carbocycles. The Hall–Kier alpha value is -1.82. The van der Waals surface area contributed by atoms with E-state index < -0.39 is 0 Å². The second kappa shape index (κ2) is 6.52. The summed E-state index contributed by atoms with van der Waals surface area (Å²) in [5.74, 6) is 0.702. The molecule has 3 rings (SSSR count). The van der Waals surface area contributed by atoms with Crippen LogP contribution >= 0.6 is 0 Å². The maximum Gasteiger partial charge on any atom is 0.289 e. The van der Waals surface area contributed by atoms with Crippen molar-refractivity contribution in [2.24, 2.45) is 5.92 Å². The zero-order valence-corrected chi connectivity index (χ0v) is 13.0. The Balaban J connectivity index is 1.51. The van der Waals surface area contributed by atoms with Crippen molar-refractivity contribution in [2.45, 2.75) is 12.8 Å². The maximum absolute atomic E-state index is 12.6. The van der Waals surface area contributed by atoms with Gasteiger partial charge in [0.05, 0.1) is 6.26 Å². The van der Waals surface area contributed by atoms with Gasteiger partial charge in [0.15, 0.2) is 5.76 Å². The van der Waals surface area contributed by atoms with Crippen molar-refractivity contribution in [3.05, 3.63) is 24.2 Å². The van der Waals surface area contributed by atoms with Gasteiger partial charge in [-0.3, -0.25) is 9.59 Å². The molecular formula is C16H23N3O3. The molecule has 0 spiro atoms. The highest BCUT2D eigenvalue weighted by atomic mass is 16.3. The van der Waals surface area contributed by atoms with Gasteiger partial charge in [-0.05, 0) is 45.1 Å². The SMILES string of the molecule is CN1CCC(C(=O)N2CCN(C(=O)c3ccco3)CC2)CC1. The normalized spacial score (nSPS) is 21.1. The average Bonchev–Trinajstić information content (AvgIpc) is 3.09. The van der Waals surface area contributed by atoms with Gasteiger partial charge >= 0.3 is 0 Å². The largest absolute Gasteiger partial charge is 0.459 e. The number of rotatable bonds is 2. The Kier molecular flexibility index (Phi) is 4.47. The van der Waals surface area contributed by atoms with Crippen molar-refractivity contribution in [1.82, 2.24) is 14.7 Å². The van der Waals surface area contributed by atoms with E-state index in [4.69, 9.17) is 4.42 Å². The van der Waals surface area contributed by atoms with Crippen LogP contribution < -0.4 is 0 Å². The topological polar surface area (TPSA) is 57.0 Å². The third-order valence-electron chi connectivity index (χ3n) is 4.68. The van der Waals surface area contributed by atoms with Crippen LogP contribution in [0.15, 0.2) is 22.8 Å². The molecule has 120 valence electrons. The highest BCUT2D eigenvalue weighted by Gasteiger charge is 2.31. The first-order valence-electron chi connectivity index (χ1n) is 7.95. The van der Waals surface area contributed by atoms with Crippen LogP contribution in [0.5, 0.6) is 0 Å². The number of carbonyl (C=O) groups is 2. The quantitative estimate of drug-likeness (QED) is 0.815. The van der Waals surface area contributed by atoms with Crippen LogP contribution in [-0.2, 0) is 4.79 Å². The average molecular weight is 305 g/mol. The number of nitrogens with zero attached hydrogens (tertiary/aromatic N) is 3. The zero-order chi connectivity index (χ0) is 15.5. The fraction of sp³-hybridized carbons (Fsp3) is 0.625. The summed E-state index contributed by atoms with van der Waals surface area (Å²) in [4.78, 5) is 30.7. The molecule has 3 heterocycles. The number of piperidine rings is 1. The molecule has 0 unspecified atom stereocenters. The van der Waals surface area contributed by atoms with E-state index in [1.54, 1.807) is 17.0 Å². The van der Waals surface area contributed by atoms with Crippen molar-refractivity contribution in [1.29, 1.82) is 0 Å². The predicted octanol–water partition coefficient (Wildman–Crippen LogP) is 0.906. The Labute approximate surface area is 130 Å². The van der Waals surface area contributed by atoms with E-state index in [9.17, 15) is 9.59 Å². The minimum Gasteiger partial charge on any atom is -0.459 e. The smallest absolute Gasteiger partial charge is 0.289 e. The van der Waals surface area contributed by atoms with Gasteiger partial charge in [0, 0.05) is 32.1 Å². The van der Waals surface area contributed by atoms with Gasteiger partial charge in [0.25, 0.3) is 5.91 Å². The molecule has 0 bridgehead atoms. The molecule has 0 aromatic carbocycles. The van der Waals surface area contributed by atoms with Gasteiger partial charge in [0.2, 0.25) is 5.91 Å². The fourth-order valence-corrected chi connectivity index (χ4v) is 3.20. The second-order valence-electron chi connectivity index (χ2n) is 6.17. The molecule has 1 aromatic heterocycles. The lowest BCUT2D eigenvalue weighted by Crippen LogP contribution is -2.52. The van der Waals surface area contributed by atoms with Crippen molar-refractivity contribution >= 4 is 11.8 Å². The van der Waals surface area contributed by atoms with Crippen LogP contribution in [0.4, 0.5) is 0 Å². The molecule has 22 heavy (non-hydrogen) atoms. The summed E-state index contributed by atoms with van der Waals surface area (Å²) in [7, 11) is 2.10. The molecule has 2 aliphatic heterocycles. The molecule has 0 saturated carbocycles. The van der Waals surface area contributed by atoms with Crippen LogP contribution in [0.3, 0.4) is 0 Å². The van der Waals surface area contributed by atoms with Crippen LogP contribution in [0, 0.1) is 5.92 Å². The van der Waals surface area contributed by atoms with Crippen LogP contribution in [0.25, 0.3) is 0 Å². The number of piperazine rings is 1. The number of carbonyl (C=O) groups excluding carboxylic acids is 2. The van der Waals surface area contributed by atoms with Gasteiger partial charge in [-0.15, -0.1) is 0 Å². The van der Waals surface area contributed by atoms with E-state index in [2.05, 4.69) is 11.9 Å². The second-order valence-corrected chi connectivity index (χ2v) is 6.17. The Bertz CT molecular complexity index is 513. The number of hydrogen-bond donors (Lipinski definition) is 0. The van der Waals surface area contributed by atoms with Crippen LogP contribution in [-0.4, -0.2) is 72.8 Å². The summed E-state index contributed by atoms with van der Waals surface area (Å²) in [6, 6.07) is 3.39. The Morgan fingerprint density at radius 1 is 1.05 bits per heavy atom. The maximum atomic E-state index is 12.6. The molecule has 0 N–H and O–H groups in total. The highest BCUT2D eigenvalue weighted by molar-refractivity contribution is 5.91. The molecule has 0 atom stereocenters. The summed E-state index contributed by atoms with van der Waals surface area (Å²) in [5, 5.41) is 0. The molecule has 2 aliphatic rings. The van der Waals surface area contributed by atoms with Gasteiger partial charge in [-0.1, -0.05) is 0 Å². The highest BCUT2D eigenvalue weighted by Crippen LogP contribution is 2.20. The summed E-state index contributed by atoms with van der Waals surface area (Å²) in [6.45, 7) is 4.39. The lowest BCUT2D eigenvalue weighted by molar-refractivity contribution is -0.138. The molecule has 6 nitrogen and oxygen atoms in total. The third kappa shape index (κ3) is 3.16. The minimum atomic E-state index is -0.0867. The monoisotopic (exact) mass is 305 g/mol. The van der Waals surface area contributed by atoms with E-state index in [0.29, 0.717) is 31.9 Å². The van der Waals surface area contributed by atoms with Crippen LogP contribution in [0.2, 0.25) is 0 Å². The summed E-state index contributed by atoms with van der Waals surface area (Å²) < 4.78 is 5.15. The van der Waals surface area contributed by atoms with E-state index in [1.807, 2.05) is 4.90 Å². The van der Waals surface area contributed by atoms with Crippen molar-refractivity contribution < 1.29 is 14.0 Å². The summed E-state index contributed by atoms with van der Waals surface area (Å²) in [5.41, 5.74) is 0. The predicted molar refractivity (Wildman–Crippen MR) is 81.4 cm³/mol. The molecule has 2 amide bonds. The van der Waals surface area contributed by atoms with E-state index >= 15 is 0 Å². The number of hydrogen-bond acceptors (Lipinski definition) is 4. The minimum absolute atomic E-state index is 0.0867. The van der Waals surface area contributed by atoms with Crippen LogP contribution in [0.1, 0.15) is 23.4 Å². The summed E-state index contributed by atoms with van der Waals surface area (Å²) >= 11 is 0. The number of amides is 2. The fourth-order valence-electron chi connectivity index (χ4n) is 3.20. The Morgan fingerprint density at radius 2 is 1.68 bits per heavy atom. The van der Waals surface area contributed by atoms with E-state index in [0.717, 1.165) is 25.9 Å². The molecule has 0 radical (unpaired) electrons. The first kappa shape index (κ1) is 15.1. The van der Waals surface area contributed by atoms with Crippen molar-refractivity contribution in [3.8, 4) is 0 Å². The van der Waals surface area contributed by atoms with Gasteiger partial charge in [-0.2, -0.15) is 0 Å². The van der Waals surface area contributed by atoms with E-state index in [-0.39, 0.29) is 17.7 Å². The van der Waals surface area contributed by atoms with Gasteiger partial charge in [-0.25, -0.2) is 0 Å². The molecule has 6 heteroatoms. The zero-order valence-electron chi connectivity index (χ0n) is 13.0. The third-order valence-corrected chi connectivity index (χ3v) is 4.68. The van der Waals surface area contributed by atoms with Gasteiger partial charge in [0.1, 0.15) is 0 Å². The first-order valence-corrected chi connectivity index (χ1v) is 7.95. The summed E-state index contributed by atoms with van der Waals surface area (Å²) in [6.07, 6.45) is 3.40. The lowest BCUT2D eigenvalue weighted by atomic mass is 9.95. The number of furan rings is 1. The van der Waals surface area contributed by atoms with E-state index in [1.165, 1.54) is 6.26 Å². The van der Waals surface area contributed by atoms with Gasteiger partial charge < -0.3 is 19.1 Å². The lowest BCUT2D eigenvalue weighted by Gasteiger charge is -2.37. The Morgan fingerprint density at radius 3 is 2.27 bits per heavy atom. The van der Waals surface area contributed by atoms with Crippen molar-refractivity contribution in [3.63, 3.8) is 0 Å². The molecular weight excluding hydrogens is 282 g/mol.